The number of aliphatic hydroxyl groups excluding tert-OH is 7. The van der Waals surface area contributed by atoms with Crippen molar-refractivity contribution < 1.29 is 84.0 Å². The van der Waals surface area contributed by atoms with E-state index in [4.69, 9.17) is 5.73 Å². The molecule has 9 amide bonds. The maximum Gasteiger partial charge on any atom is 0.248 e. The van der Waals surface area contributed by atoms with Crippen LogP contribution in [0.3, 0.4) is 0 Å². The van der Waals surface area contributed by atoms with E-state index in [0.717, 1.165) is 67.4 Å². The third-order valence-corrected chi connectivity index (χ3v) is 15.4. The second-order valence-electron chi connectivity index (χ2n) is 22.8. The number of nitrogens with one attached hydrogen (secondary N) is 6. The number of primary amides is 1. The summed E-state index contributed by atoms with van der Waals surface area (Å²) in [5.41, 5.74) is 5.28. The summed E-state index contributed by atoms with van der Waals surface area (Å²) in [5, 5.41) is 104. The fourth-order valence-corrected chi connectivity index (χ4v) is 10.6. The number of fused-ring (bicyclic) bond motifs is 2. The first-order valence-corrected chi connectivity index (χ1v) is 28.5. The van der Waals surface area contributed by atoms with E-state index < -0.39 is 177 Å². The van der Waals surface area contributed by atoms with Crippen LogP contribution in [0.4, 0.5) is 0 Å². The number of nitrogens with zero attached hydrogens (tertiary/aromatic N) is 3. The predicted molar refractivity (Wildman–Crippen MR) is 295 cm³/mol. The average molecular weight is 1160 g/mol. The van der Waals surface area contributed by atoms with Gasteiger partial charge in [-0.25, -0.2) is 0 Å². The summed E-state index contributed by atoms with van der Waals surface area (Å²) in [4.78, 5) is 129. The van der Waals surface area contributed by atoms with E-state index in [1.807, 2.05) is 0 Å². The van der Waals surface area contributed by atoms with Crippen LogP contribution < -0.4 is 37.6 Å². The third kappa shape index (κ3) is 20.4. The Balaban J connectivity index is 1.79. The van der Waals surface area contributed by atoms with Gasteiger partial charge in [-0.1, -0.05) is 77.8 Å². The van der Waals surface area contributed by atoms with Crippen molar-refractivity contribution >= 4 is 53.2 Å². The predicted octanol–water partition coefficient (Wildman–Crippen LogP) is -3.61. The van der Waals surface area contributed by atoms with E-state index in [1.165, 1.54) is 23.5 Å². The van der Waals surface area contributed by atoms with Crippen LogP contribution in [0.5, 0.6) is 5.75 Å². The zero-order valence-corrected chi connectivity index (χ0v) is 47.9. The third-order valence-electron chi connectivity index (χ3n) is 15.4. The van der Waals surface area contributed by atoms with Crippen molar-refractivity contribution in [3.05, 3.63) is 29.8 Å². The summed E-state index contributed by atoms with van der Waals surface area (Å²) >= 11 is 0. The van der Waals surface area contributed by atoms with Crippen LogP contribution in [0.2, 0.25) is 0 Å². The van der Waals surface area contributed by atoms with E-state index in [-0.39, 0.29) is 30.7 Å². The maximum atomic E-state index is 14.7. The number of nitrogens with two attached hydrogens (primary N) is 1. The second-order valence-corrected chi connectivity index (χ2v) is 22.8. The summed E-state index contributed by atoms with van der Waals surface area (Å²) < 4.78 is 0. The number of hydrogen-bond donors (Lipinski definition) is 15. The highest BCUT2D eigenvalue weighted by atomic mass is 16.3. The van der Waals surface area contributed by atoms with E-state index >= 15 is 0 Å². The Kier molecular flexibility index (Phi) is 27.3. The van der Waals surface area contributed by atoms with E-state index in [2.05, 4.69) is 52.7 Å². The maximum absolute atomic E-state index is 14.7. The summed E-state index contributed by atoms with van der Waals surface area (Å²) in [7, 11) is 3.19. The minimum absolute atomic E-state index is 0.0780. The molecule has 27 nitrogen and oxygen atoms in total. The lowest BCUT2D eigenvalue weighted by Crippen LogP contribution is -2.64. The molecule has 0 radical (unpaired) electrons. The number of unbranched alkanes of at least 4 members (excludes halogenated alkanes) is 5. The zero-order valence-electron chi connectivity index (χ0n) is 47.9. The smallest absolute Gasteiger partial charge is 0.248 e. The van der Waals surface area contributed by atoms with Gasteiger partial charge in [0.15, 0.2) is 0 Å². The van der Waals surface area contributed by atoms with Gasteiger partial charge in [0.25, 0.3) is 0 Å². The molecule has 3 saturated heterocycles. The number of likely N-dealkylation sites (N-methyl/N-ethyl adjacent to an activating group) is 1. The Morgan fingerprint density at radius 1 is 0.732 bits per heavy atom. The van der Waals surface area contributed by atoms with Gasteiger partial charge >= 0.3 is 0 Å². The van der Waals surface area contributed by atoms with Crippen molar-refractivity contribution in [2.75, 3.05) is 40.3 Å². The van der Waals surface area contributed by atoms with Gasteiger partial charge in [-0.05, 0) is 69.8 Å². The molecule has 82 heavy (non-hydrogen) atoms. The molecule has 0 aliphatic carbocycles. The normalized spacial score (nSPS) is 27.5. The Labute approximate surface area is 478 Å². The number of carbonyl (C=O) groups is 9. The molecule has 4 rings (SSSR count). The van der Waals surface area contributed by atoms with Gasteiger partial charge in [0.1, 0.15) is 54.2 Å². The largest absolute Gasteiger partial charge is 0.508 e. The first-order valence-electron chi connectivity index (χ1n) is 28.5. The average Bonchev–Trinajstić information content (AvgIpc) is 4.24. The van der Waals surface area contributed by atoms with Crippen LogP contribution in [0.1, 0.15) is 129 Å². The van der Waals surface area contributed by atoms with Crippen molar-refractivity contribution in [2.24, 2.45) is 17.6 Å². The Morgan fingerprint density at radius 2 is 1.34 bits per heavy atom. The molecular weight excluding hydrogens is 1070 g/mol. The van der Waals surface area contributed by atoms with E-state index in [0.29, 0.717) is 24.7 Å². The van der Waals surface area contributed by atoms with Gasteiger partial charge < -0.3 is 93.2 Å². The fraction of sp³-hybridized carbons (Fsp3) is 0.727. The number of hydrogen-bond acceptors (Lipinski definition) is 18. The van der Waals surface area contributed by atoms with E-state index in [1.54, 1.807) is 14.1 Å². The van der Waals surface area contributed by atoms with Crippen molar-refractivity contribution in [3.8, 4) is 5.75 Å². The minimum Gasteiger partial charge on any atom is -0.508 e. The van der Waals surface area contributed by atoms with Crippen molar-refractivity contribution in [3.63, 3.8) is 0 Å². The molecule has 16 N–H and O–H groups in total. The van der Waals surface area contributed by atoms with Crippen LogP contribution in [0.15, 0.2) is 24.3 Å². The molecule has 3 heterocycles. The minimum atomic E-state index is -2.37. The van der Waals surface area contributed by atoms with Crippen LogP contribution in [0, 0.1) is 11.8 Å². The molecule has 16 atom stereocenters. The van der Waals surface area contributed by atoms with Crippen LogP contribution in [-0.4, -0.2) is 228 Å². The number of carbonyl (C=O) groups excluding carboxylic acids is 9. The van der Waals surface area contributed by atoms with Gasteiger partial charge in [0.05, 0.1) is 49.5 Å². The van der Waals surface area contributed by atoms with Gasteiger partial charge in [-0.15, -0.1) is 0 Å². The quantitative estimate of drug-likeness (QED) is 0.0445. The number of amides is 9. The summed E-state index contributed by atoms with van der Waals surface area (Å²) in [5.74, 6) is -8.98. The standard InChI is InChI=1S/C55H90N10O17/c1-7-29(2)22-30(3)14-12-10-8-9-11-13-15-42(73)58-35-24-39(70)36(26-57-43(74)28-63(5)6)59-53(80)47-38(69)20-21-64(47)55(82)45(40(71)25-41(56)72)61-52(79)46(49(76)48(75)32-16-18-33(67)19-17-32)62-51(78)37-23-34(68)27-65(37)54(81)44(31(4)66)60-50(35)77/h16-19,29-31,34-40,44-49,66-71,75-76H,7-15,20-28H2,1-6H3,(H2,56,72)(H,57,74)(H,58,73)(H,59,80)(H,60,77)(H,61,79)(H,62,78)/t29-,30+,31+,34+,35-,36+,37-,38-,39+,40+,44-,45-,46-,47-,48-,49-/m0/s1. The number of aliphatic hydroxyl groups is 7. The van der Waals surface area contributed by atoms with Gasteiger partial charge in [0, 0.05) is 38.9 Å². The number of aromatic hydroxyl groups is 1. The molecule has 3 fully saturated rings. The molecule has 0 spiro atoms. The lowest BCUT2D eigenvalue weighted by molar-refractivity contribution is -0.148. The van der Waals surface area contributed by atoms with E-state index in [9.17, 15) is 84.0 Å². The molecular formula is C55H90N10O17. The number of phenolic OH excluding ortho intramolecular Hbond substituents is 1. The van der Waals surface area contributed by atoms with Gasteiger partial charge in [-0.2, -0.15) is 0 Å². The molecule has 0 saturated carbocycles. The topological polar surface area (TPSA) is 423 Å². The summed E-state index contributed by atoms with van der Waals surface area (Å²) in [6, 6.07) is -8.92. The number of rotatable bonds is 24. The summed E-state index contributed by atoms with van der Waals surface area (Å²) in [6.45, 7) is 6.06. The molecule has 462 valence electrons. The molecule has 0 bridgehead atoms. The lowest BCUT2D eigenvalue weighted by Gasteiger charge is -2.35. The van der Waals surface area contributed by atoms with Crippen molar-refractivity contribution in [2.45, 2.75) is 203 Å². The summed E-state index contributed by atoms with van der Waals surface area (Å²) in [6.07, 6.45) is -7.65. The van der Waals surface area contributed by atoms with Crippen LogP contribution in [0.25, 0.3) is 0 Å². The highest BCUT2D eigenvalue weighted by Crippen LogP contribution is 2.27. The Hall–Kier alpha value is -6.07. The van der Waals surface area contributed by atoms with Crippen molar-refractivity contribution in [1.29, 1.82) is 0 Å². The Morgan fingerprint density at radius 3 is 1.96 bits per heavy atom. The monoisotopic (exact) mass is 1160 g/mol. The SMILES string of the molecule is CC[C@H](C)C[C@H](C)CCCCCCCCC(=O)N[C@H]1C[C@@H](O)[C@@H](CNC(=O)CN(C)C)NC(=O)[C@@H]2[C@@H](O)CCN2C(=O)[C@H]([C@H](O)CC(N)=O)NC(=O)[C@H]([C@H](O)[C@@H](O)c2ccc(O)cc2)NC(=O)[C@@H]2C[C@@H](O)CN2C(=O)[C@H]([C@@H](C)O)NC1=O. The molecule has 3 aliphatic rings. The molecule has 1 aromatic carbocycles. The fourth-order valence-electron chi connectivity index (χ4n) is 10.6. The van der Waals surface area contributed by atoms with Gasteiger partial charge in [-0.3, -0.25) is 43.2 Å². The zero-order chi connectivity index (χ0) is 61.1. The van der Waals surface area contributed by atoms with Crippen LogP contribution in [-0.2, 0) is 43.2 Å². The molecule has 27 heteroatoms. The van der Waals surface area contributed by atoms with Gasteiger partial charge in [0.2, 0.25) is 53.2 Å². The highest BCUT2D eigenvalue weighted by molar-refractivity contribution is 5.98. The molecule has 3 aliphatic heterocycles. The second kappa shape index (κ2) is 32.7. The number of benzene rings is 1. The Bertz CT molecular complexity index is 2310. The van der Waals surface area contributed by atoms with Crippen LogP contribution >= 0.6 is 0 Å². The van der Waals surface area contributed by atoms with Crippen molar-refractivity contribution in [1.82, 2.24) is 46.6 Å². The first-order chi connectivity index (χ1) is 38.6. The highest BCUT2D eigenvalue weighted by Gasteiger charge is 2.49. The lowest BCUT2D eigenvalue weighted by atomic mass is 9.91. The first kappa shape index (κ1) is 68.4. The molecule has 0 unspecified atom stereocenters. The number of phenols is 1. The molecule has 0 aromatic heterocycles. The molecule has 1 aromatic rings.